The van der Waals surface area contributed by atoms with Gasteiger partial charge in [-0.2, -0.15) is 5.10 Å². The molecule has 1 fully saturated rings. The summed E-state index contributed by atoms with van der Waals surface area (Å²) in [4.78, 5) is 38.0. The zero-order valence-corrected chi connectivity index (χ0v) is 16.5. The molecule has 1 aliphatic rings. The molecule has 2 aromatic carbocycles. The van der Waals surface area contributed by atoms with E-state index in [4.69, 9.17) is 12.2 Å². The van der Waals surface area contributed by atoms with E-state index in [1.54, 1.807) is 24.3 Å². The molecule has 3 rings (SSSR count). The summed E-state index contributed by atoms with van der Waals surface area (Å²) in [5.74, 6) is -4.13. The Bertz CT molecular complexity index is 997. The number of anilines is 1. The van der Waals surface area contributed by atoms with Crippen LogP contribution in [0.15, 0.2) is 58.1 Å². The van der Waals surface area contributed by atoms with E-state index >= 15 is 0 Å². The monoisotopic (exact) mass is 462 g/mol. The summed E-state index contributed by atoms with van der Waals surface area (Å²) in [6, 6.07) is 12.1. The Morgan fingerprint density at radius 3 is 2.57 bits per heavy atom. The number of halogens is 2. The average Bonchev–Trinajstić information content (AvgIpc) is 2.66. The van der Waals surface area contributed by atoms with Crippen LogP contribution in [-0.4, -0.2) is 29.0 Å². The van der Waals surface area contributed by atoms with E-state index in [0.29, 0.717) is 5.69 Å². The van der Waals surface area contributed by atoms with Crippen LogP contribution < -0.4 is 15.6 Å². The molecule has 1 saturated heterocycles. The van der Waals surface area contributed by atoms with E-state index in [1.165, 1.54) is 23.1 Å². The molecule has 28 heavy (non-hydrogen) atoms. The zero-order valence-electron chi connectivity index (χ0n) is 14.1. The lowest BCUT2D eigenvalue weighted by atomic mass is 10.1. The molecule has 2 N–H and O–H groups in total. The summed E-state index contributed by atoms with van der Waals surface area (Å²) >= 11 is 8.39. The molecule has 1 aliphatic heterocycles. The molecule has 0 radical (unpaired) electrons. The van der Waals surface area contributed by atoms with Crippen LogP contribution in [0.2, 0.25) is 0 Å². The van der Waals surface area contributed by atoms with Crippen molar-refractivity contribution in [2.24, 2.45) is 11.0 Å². The maximum Gasteiger partial charge on any atom is 0.274 e. The summed E-state index contributed by atoms with van der Waals surface area (Å²) in [5.41, 5.74) is 2.36. The lowest BCUT2D eigenvalue weighted by Crippen LogP contribution is -2.58. The molecule has 0 aromatic heterocycles. The fourth-order valence-corrected chi connectivity index (χ4v) is 2.99. The quantitative estimate of drug-likeness (QED) is 0.315. The van der Waals surface area contributed by atoms with Gasteiger partial charge in [-0.15, -0.1) is 0 Å². The van der Waals surface area contributed by atoms with Crippen LogP contribution in [0.4, 0.5) is 10.1 Å². The van der Waals surface area contributed by atoms with E-state index in [0.717, 1.165) is 16.8 Å². The molecule has 142 valence electrons. The van der Waals surface area contributed by atoms with E-state index in [2.05, 4.69) is 31.8 Å². The summed E-state index contributed by atoms with van der Waals surface area (Å²) in [6.45, 7) is 0. The number of benzene rings is 2. The Morgan fingerprint density at radius 2 is 1.89 bits per heavy atom. The van der Waals surface area contributed by atoms with Gasteiger partial charge in [-0.1, -0.05) is 28.1 Å². The lowest BCUT2D eigenvalue weighted by molar-refractivity contribution is -0.130. The van der Waals surface area contributed by atoms with Gasteiger partial charge in [-0.25, -0.2) is 9.82 Å². The molecule has 3 amide bonds. The first kappa shape index (κ1) is 19.8. The van der Waals surface area contributed by atoms with E-state index < -0.39 is 29.5 Å². The molecular weight excluding hydrogens is 451 g/mol. The molecule has 1 atom stereocenters. The van der Waals surface area contributed by atoms with E-state index in [9.17, 15) is 18.8 Å². The van der Waals surface area contributed by atoms with E-state index in [-0.39, 0.29) is 10.7 Å². The van der Waals surface area contributed by atoms with Gasteiger partial charge in [0.05, 0.1) is 11.3 Å². The SMILES string of the molecule is O=C(N/N=C\[C@@H]1C(=O)NC(=S)N(c2ccc(Br)cc2)C1=O)c1ccccc1F. The van der Waals surface area contributed by atoms with Crippen molar-refractivity contribution in [3.8, 4) is 0 Å². The van der Waals surface area contributed by atoms with Crippen LogP contribution in [-0.2, 0) is 9.59 Å². The molecular formula is C18H12BrFN4O3S. The van der Waals surface area contributed by atoms with Crippen molar-refractivity contribution in [3.63, 3.8) is 0 Å². The summed E-state index contributed by atoms with van der Waals surface area (Å²) in [5, 5.41) is 6.00. The van der Waals surface area contributed by atoms with Crippen LogP contribution >= 0.6 is 28.1 Å². The van der Waals surface area contributed by atoms with Gasteiger partial charge in [-0.3, -0.25) is 19.3 Å². The summed E-state index contributed by atoms with van der Waals surface area (Å²) in [7, 11) is 0. The smallest absolute Gasteiger partial charge is 0.274 e. The molecule has 0 bridgehead atoms. The third-order valence-electron chi connectivity index (χ3n) is 3.80. The highest BCUT2D eigenvalue weighted by Crippen LogP contribution is 2.22. The number of thiocarbonyl (C=S) groups is 1. The zero-order chi connectivity index (χ0) is 20.3. The van der Waals surface area contributed by atoms with Crippen molar-refractivity contribution in [3.05, 3.63) is 64.4 Å². The molecule has 0 saturated carbocycles. The number of carbonyl (C=O) groups excluding carboxylic acids is 3. The Kier molecular flexibility index (Phi) is 5.90. The standard InChI is InChI=1S/C18H12BrFN4O3S/c19-10-5-7-11(8-6-10)24-17(27)13(15(25)22-18(24)28)9-21-23-16(26)12-3-1-2-4-14(12)20/h1-9,13H,(H,23,26)(H,22,25,28)/b21-9-/t13-/m1/s1. The maximum absolute atomic E-state index is 13.6. The fourth-order valence-electron chi connectivity index (χ4n) is 2.43. The number of hydrogen-bond acceptors (Lipinski definition) is 5. The number of rotatable bonds is 4. The van der Waals surface area contributed by atoms with Gasteiger partial charge in [0, 0.05) is 10.7 Å². The fraction of sp³-hybridized carbons (Fsp3) is 0.0556. The first-order chi connectivity index (χ1) is 13.4. The normalized spacial score (nSPS) is 17.0. The molecule has 7 nitrogen and oxygen atoms in total. The third-order valence-corrected chi connectivity index (χ3v) is 4.61. The highest BCUT2D eigenvalue weighted by molar-refractivity contribution is 9.10. The third kappa shape index (κ3) is 4.12. The van der Waals surface area contributed by atoms with Gasteiger partial charge in [0.25, 0.3) is 11.8 Å². The first-order valence-corrected chi connectivity index (χ1v) is 9.11. The maximum atomic E-state index is 13.6. The van der Waals surface area contributed by atoms with Crippen LogP contribution in [0, 0.1) is 11.7 Å². The minimum absolute atomic E-state index is 0.0580. The van der Waals surface area contributed by atoms with Gasteiger partial charge < -0.3 is 5.32 Å². The van der Waals surface area contributed by atoms with Gasteiger partial charge >= 0.3 is 0 Å². The minimum atomic E-state index is -1.31. The number of nitrogens with one attached hydrogen (secondary N) is 2. The number of amides is 3. The Hall–Kier alpha value is -2.98. The average molecular weight is 463 g/mol. The molecule has 10 heteroatoms. The van der Waals surface area contributed by atoms with Gasteiger partial charge in [-0.05, 0) is 48.6 Å². The van der Waals surface area contributed by atoms with Crippen molar-refractivity contribution in [2.45, 2.75) is 0 Å². The number of hydrogen-bond donors (Lipinski definition) is 2. The van der Waals surface area contributed by atoms with E-state index in [1.807, 2.05) is 0 Å². The molecule has 0 spiro atoms. The van der Waals surface area contributed by atoms with Gasteiger partial charge in [0.2, 0.25) is 5.91 Å². The van der Waals surface area contributed by atoms with Crippen molar-refractivity contribution >= 4 is 62.9 Å². The number of carbonyl (C=O) groups is 3. The van der Waals surface area contributed by atoms with Gasteiger partial charge in [0.15, 0.2) is 11.0 Å². The highest BCUT2D eigenvalue weighted by Gasteiger charge is 2.38. The first-order valence-electron chi connectivity index (χ1n) is 7.91. The Morgan fingerprint density at radius 1 is 1.21 bits per heavy atom. The molecule has 0 aliphatic carbocycles. The predicted molar refractivity (Wildman–Crippen MR) is 108 cm³/mol. The van der Waals surface area contributed by atoms with Crippen molar-refractivity contribution in [2.75, 3.05) is 4.90 Å². The van der Waals surface area contributed by atoms with Crippen LogP contribution in [0.3, 0.4) is 0 Å². The Labute approximate surface area is 172 Å². The second-order valence-electron chi connectivity index (χ2n) is 5.62. The second-order valence-corrected chi connectivity index (χ2v) is 6.92. The second kappa shape index (κ2) is 8.36. The summed E-state index contributed by atoms with van der Waals surface area (Å²) in [6.07, 6.45) is 0.976. The highest BCUT2D eigenvalue weighted by atomic mass is 79.9. The predicted octanol–water partition coefficient (Wildman–Crippen LogP) is 2.37. The molecule has 0 unspecified atom stereocenters. The number of nitrogens with zero attached hydrogens (tertiary/aromatic N) is 2. The lowest BCUT2D eigenvalue weighted by Gasteiger charge is -2.30. The van der Waals surface area contributed by atoms with Gasteiger partial charge in [0.1, 0.15) is 5.82 Å². The molecule has 1 heterocycles. The van der Waals surface area contributed by atoms with Crippen molar-refractivity contribution < 1.29 is 18.8 Å². The minimum Gasteiger partial charge on any atom is -0.301 e. The topological polar surface area (TPSA) is 90.9 Å². The number of hydrazone groups is 1. The van der Waals surface area contributed by atoms with Crippen molar-refractivity contribution in [1.29, 1.82) is 0 Å². The largest absolute Gasteiger partial charge is 0.301 e. The Balaban J connectivity index is 1.76. The van der Waals surface area contributed by atoms with Crippen LogP contribution in [0.5, 0.6) is 0 Å². The van der Waals surface area contributed by atoms with Crippen LogP contribution in [0.25, 0.3) is 0 Å². The van der Waals surface area contributed by atoms with Crippen molar-refractivity contribution in [1.82, 2.24) is 10.7 Å². The molecule has 2 aromatic rings. The summed E-state index contributed by atoms with van der Waals surface area (Å²) < 4.78 is 14.4. The van der Waals surface area contributed by atoms with Crippen LogP contribution in [0.1, 0.15) is 10.4 Å².